The standard InChI is InChI=1S/C16H23NO2/c1-11(2)9-17(12-7-8-12)14-10-19-15-6-4-3-5-13(15)16(14)18/h3-6,11-12,14,16,18H,7-10H2,1-2H3. The Hall–Kier alpha value is -1.06. The lowest BCUT2D eigenvalue weighted by Crippen LogP contribution is -2.48. The Morgan fingerprint density at radius 3 is 2.74 bits per heavy atom. The number of ether oxygens (including phenoxy) is 1. The summed E-state index contributed by atoms with van der Waals surface area (Å²) in [5.74, 6) is 1.46. The quantitative estimate of drug-likeness (QED) is 0.904. The van der Waals surface area contributed by atoms with E-state index in [9.17, 15) is 5.11 Å². The summed E-state index contributed by atoms with van der Waals surface area (Å²) >= 11 is 0. The number of benzene rings is 1. The summed E-state index contributed by atoms with van der Waals surface area (Å²) < 4.78 is 5.85. The van der Waals surface area contributed by atoms with Crippen LogP contribution in [0.2, 0.25) is 0 Å². The maximum absolute atomic E-state index is 10.7. The third-order valence-electron chi connectivity index (χ3n) is 4.03. The van der Waals surface area contributed by atoms with Gasteiger partial charge in [0.05, 0.1) is 6.04 Å². The molecular weight excluding hydrogens is 238 g/mol. The van der Waals surface area contributed by atoms with Crippen molar-refractivity contribution >= 4 is 0 Å². The molecule has 0 spiro atoms. The van der Waals surface area contributed by atoms with Gasteiger partial charge in [-0.1, -0.05) is 32.0 Å². The van der Waals surface area contributed by atoms with Crippen molar-refractivity contribution in [2.75, 3.05) is 13.2 Å². The van der Waals surface area contributed by atoms with Crippen LogP contribution < -0.4 is 4.74 Å². The second kappa shape index (κ2) is 5.14. The third-order valence-corrected chi connectivity index (χ3v) is 4.03. The molecule has 1 heterocycles. The van der Waals surface area contributed by atoms with E-state index in [2.05, 4.69) is 18.7 Å². The van der Waals surface area contributed by atoms with Crippen LogP contribution in [0.3, 0.4) is 0 Å². The van der Waals surface area contributed by atoms with E-state index in [0.29, 0.717) is 18.6 Å². The average molecular weight is 261 g/mol. The molecular formula is C16H23NO2. The molecule has 3 rings (SSSR count). The molecule has 0 amide bonds. The molecule has 19 heavy (non-hydrogen) atoms. The summed E-state index contributed by atoms with van der Waals surface area (Å²) in [4.78, 5) is 2.46. The molecule has 0 aromatic heterocycles. The summed E-state index contributed by atoms with van der Waals surface area (Å²) in [7, 11) is 0. The van der Waals surface area contributed by atoms with Crippen LogP contribution in [-0.4, -0.2) is 35.2 Å². The van der Waals surface area contributed by atoms with E-state index < -0.39 is 6.10 Å². The molecule has 1 aromatic carbocycles. The second-order valence-corrected chi connectivity index (χ2v) is 6.18. The molecule has 1 fully saturated rings. The van der Waals surface area contributed by atoms with Gasteiger partial charge in [0.15, 0.2) is 0 Å². The Balaban J connectivity index is 1.81. The lowest BCUT2D eigenvalue weighted by Gasteiger charge is -2.39. The molecule has 1 aliphatic carbocycles. The van der Waals surface area contributed by atoms with E-state index in [4.69, 9.17) is 4.74 Å². The summed E-state index contributed by atoms with van der Waals surface area (Å²) in [5.41, 5.74) is 0.938. The van der Waals surface area contributed by atoms with Gasteiger partial charge in [-0.25, -0.2) is 0 Å². The van der Waals surface area contributed by atoms with Crippen LogP contribution in [-0.2, 0) is 0 Å². The van der Waals surface area contributed by atoms with Gasteiger partial charge in [-0.15, -0.1) is 0 Å². The van der Waals surface area contributed by atoms with Gasteiger partial charge < -0.3 is 9.84 Å². The van der Waals surface area contributed by atoms with Crippen molar-refractivity contribution in [3.63, 3.8) is 0 Å². The normalized spacial score (nSPS) is 26.4. The Labute approximate surface area is 115 Å². The molecule has 2 unspecified atom stereocenters. The highest BCUT2D eigenvalue weighted by Gasteiger charge is 2.40. The van der Waals surface area contributed by atoms with Crippen molar-refractivity contribution in [1.82, 2.24) is 4.90 Å². The first-order valence-corrected chi connectivity index (χ1v) is 7.32. The molecule has 3 heteroatoms. The van der Waals surface area contributed by atoms with Crippen LogP contribution in [0.25, 0.3) is 0 Å². The van der Waals surface area contributed by atoms with Gasteiger partial charge in [-0.2, -0.15) is 0 Å². The van der Waals surface area contributed by atoms with Crippen molar-refractivity contribution in [3.8, 4) is 5.75 Å². The van der Waals surface area contributed by atoms with Crippen LogP contribution in [0, 0.1) is 5.92 Å². The molecule has 0 saturated heterocycles. The maximum Gasteiger partial charge on any atom is 0.125 e. The number of hydrogen-bond acceptors (Lipinski definition) is 3. The summed E-state index contributed by atoms with van der Waals surface area (Å²) in [6, 6.07) is 8.60. The predicted octanol–water partition coefficient (Wildman–Crippen LogP) is 2.60. The fourth-order valence-corrected chi connectivity index (χ4v) is 2.99. The minimum Gasteiger partial charge on any atom is -0.491 e. The lowest BCUT2D eigenvalue weighted by molar-refractivity contribution is -0.00557. The van der Waals surface area contributed by atoms with Crippen molar-refractivity contribution in [2.24, 2.45) is 5.92 Å². The first-order chi connectivity index (χ1) is 9.16. The van der Waals surface area contributed by atoms with Crippen LogP contribution >= 0.6 is 0 Å². The number of hydrogen-bond donors (Lipinski definition) is 1. The van der Waals surface area contributed by atoms with Crippen LogP contribution in [0.1, 0.15) is 38.4 Å². The van der Waals surface area contributed by atoms with E-state index in [1.165, 1.54) is 12.8 Å². The van der Waals surface area contributed by atoms with Crippen molar-refractivity contribution < 1.29 is 9.84 Å². The molecule has 0 radical (unpaired) electrons. The smallest absolute Gasteiger partial charge is 0.125 e. The second-order valence-electron chi connectivity index (χ2n) is 6.18. The van der Waals surface area contributed by atoms with Crippen molar-refractivity contribution in [1.29, 1.82) is 0 Å². The fraction of sp³-hybridized carbons (Fsp3) is 0.625. The summed E-state index contributed by atoms with van der Waals surface area (Å²) in [6.07, 6.45) is 2.10. The van der Waals surface area contributed by atoms with Gasteiger partial charge in [-0.3, -0.25) is 4.90 Å². The van der Waals surface area contributed by atoms with E-state index in [1.54, 1.807) is 0 Å². The van der Waals surface area contributed by atoms with E-state index >= 15 is 0 Å². The molecule has 1 aliphatic heterocycles. The van der Waals surface area contributed by atoms with Gasteiger partial charge in [0.1, 0.15) is 18.5 Å². The van der Waals surface area contributed by atoms with Gasteiger partial charge in [0, 0.05) is 18.2 Å². The van der Waals surface area contributed by atoms with Gasteiger partial charge in [0.2, 0.25) is 0 Å². The Morgan fingerprint density at radius 2 is 2.05 bits per heavy atom. The SMILES string of the molecule is CC(C)CN(C1CC1)C1COc2ccccc2C1O. The highest BCUT2D eigenvalue weighted by Crippen LogP contribution is 2.38. The molecule has 1 saturated carbocycles. The third kappa shape index (κ3) is 2.63. The lowest BCUT2D eigenvalue weighted by atomic mass is 9.97. The van der Waals surface area contributed by atoms with Crippen LogP contribution in [0.5, 0.6) is 5.75 Å². The first kappa shape index (κ1) is 12.9. The molecule has 0 bridgehead atoms. The predicted molar refractivity (Wildman–Crippen MR) is 75.3 cm³/mol. The van der Waals surface area contributed by atoms with Crippen molar-refractivity contribution in [3.05, 3.63) is 29.8 Å². The van der Waals surface area contributed by atoms with Crippen LogP contribution in [0.15, 0.2) is 24.3 Å². The molecule has 1 N–H and O–H groups in total. The zero-order chi connectivity index (χ0) is 13.4. The average Bonchev–Trinajstić information content (AvgIpc) is 3.21. The zero-order valence-corrected chi connectivity index (χ0v) is 11.7. The summed E-state index contributed by atoms with van der Waals surface area (Å²) in [6.45, 7) is 6.11. The molecule has 2 aliphatic rings. The molecule has 1 aromatic rings. The van der Waals surface area contributed by atoms with Crippen LogP contribution in [0.4, 0.5) is 0 Å². The van der Waals surface area contributed by atoms with E-state index in [1.807, 2.05) is 24.3 Å². The Morgan fingerprint density at radius 1 is 1.32 bits per heavy atom. The van der Waals surface area contributed by atoms with Gasteiger partial charge in [0.25, 0.3) is 0 Å². The Bertz CT molecular complexity index is 442. The number of para-hydroxylation sites is 1. The van der Waals surface area contributed by atoms with Gasteiger partial charge >= 0.3 is 0 Å². The highest BCUT2D eigenvalue weighted by atomic mass is 16.5. The van der Waals surface area contributed by atoms with E-state index in [0.717, 1.165) is 17.9 Å². The number of aliphatic hydroxyl groups excluding tert-OH is 1. The number of aliphatic hydroxyl groups is 1. The topological polar surface area (TPSA) is 32.7 Å². The highest BCUT2D eigenvalue weighted by molar-refractivity contribution is 5.37. The minimum atomic E-state index is -0.427. The maximum atomic E-state index is 10.7. The zero-order valence-electron chi connectivity index (χ0n) is 11.7. The molecule has 3 nitrogen and oxygen atoms in total. The van der Waals surface area contributed by atoms with E-state index in [-0.39, 0.29) is 6.04 Å². The monoisotopic (exact) mass is 261 g/mol. The molecule has 104 valence electrons. The summed E-state index contributed by atoms with van der Waals surface area (Å²) in [5, 5.41) is 10.7. The molecule has 2 atom stereocenters. The number of nitrogens with zero attached hydrogens (tertiary/aromatic N) is 1. The fourth-order valence-electron chi connectivity index (χ4n) is 2.99. The van der Waals surface area contributed by atoms with Gasteiger partial charge in [-0.05, 0) is 24.8 Å². The van der Waals surface area contributed by atoms with Crippen molar-refractivity contribution in [2.45, 2.75) is 44.9 Å². The minimum absolute atomic E-state index is 0.102. The number of fused-ring (bicyclic) bond motifs is 1. The largest absolute Gasteiger partial charge is 0.491 e. The Kier molecular flexibility index (Phi) is 3.50. The number of rotatable bonds is 4. The first-order valence-electron chi connectivity index (χ1n) is 7.32.